The first-order valence-electron chi connectivity index (χ1n) is 11.3. The number of hydrogen-bond acceptors (Lipinski definition) is 0. The van der Waals surface area contributed by atoms with E-state index < -0.39 is 28.7 Å². The van der Waals surface area contributed by atoms with Gasteiger partial charge in [0.2, 0.25) is 0 Å². The third kappa shape index (κ3) is 4.83. The second kappa shape index (κ2) is 9.77. The fourth-order valence-corrected chi connectivity index (χ4v) is 4.55. The van der Waals surface area contributed by atoms with E-state index in [0.717, 1.165) is 44.2 Å². The minimum atomic E-state index is -1.66. The molecule has 0 unspecified atom stereocenters. The van der Waals surface area contributed by atoms with Crippen LogP contribution in [0.3, 0.4) is 0 Å². The highest BCUT2D eigenvalue weighted by Crippen LogP contribution is 2.36. The number of hydrogen-bond donors (Lipinski definition) is 0. The third-order valence-electron chi connectivity index (χ3n) is 6.44. The van der Waals surface area contributed by atoms with Crippen LogP contribution >= 0.6 is 0 Å². The SMILES string of the molecule is CCCCc1ccc(C2CCC(C#Cc3cc(F)c4c(F)c(F)c(F)cc4c3)CC2)cc1. The van der Waals surface area contributed by atoms with Crippen LogP contribution in [0.4, 0.5) is 17.6 Å². The van der Waals surface area contributed by atoms with E-state index >= 15 is 0 Å². The second-order valence-electron chi connectivity index (χ2n) is 8.71. The molecule has 1 fully saturated rings. The average molecular weight is 439 g/mol. The third-order valence-corrected chi connectivity index (χ3v) is 6.44. The Morgan fingerprint density at radius 1 is 0.844 bits per heavy atom. The van der Waals surface area contributed by atoms with Crippen molar-refractivity contribution in [3.05, 3.63) is 82.4 Å². The molecule has 0 aromatic heterocycles. The van der Waals surface area contributed by atoms with Gasteiger partial charge in [-0.15, -0.1) is 0 Å². The second-order valence-corrected chi connectivity index (χ2v) is 8.71. The van der Waals surface area contributed by atoms with Gasteiger partial charge in [0, 0.05) is 11.5 Å². The predicted molar refractivity (Wildman–Crippen MR) is 120 cm³/mol. The molecule has 4 rings (SSSR count). The van der Waals surface area contributed by atoms with Crippen LogP contribution in [-0.2, 0) is 6.42 Å². The van der Waals surface area contributed by atoms with Gasteiger partial charge in [-0.05, 0) is 79.2 Å². The molecular weight excluding hydrogens is 412 g/mol. The van der Waals surface area contributed by atoms with Crippen molar-refractivity contribution < 1.29 is 17.6 Å². The Labute approximate surface area is 186 Å². The van der Waals surface area contributed by atoms with Crippen LogP contribution in [-0.4, -0.2) is 0 Å². The van der Waals surface area contributed by atoms with E-state index in [2.05, 4.69) is 43.0 Å². The van der Waals surface area contributed by atoms with Crippen LogP contribution < -0.4 is 0 Å². The van der Waals surface area contributed by atoms with E-state index in [9.17, 15) is 17.6 Å². The molecule has 4 heteroatoms. The fraction of sp³-hybridized carbons (Fsp3) is 0.357. The number of fused-ring (bicyclic) bond motifs is 1. The first-order chi connectivity index (χ1) is 15.5. The standard InChI is InChI=1S/C28H26F4/c1-2-3-4-18-7-11-21(12-8-18)22-13-9-19(10-14-22)5-6-20-15-23-17-25(30)27(31)28(32)26(23)24(29)16-20/h7-8,11-12,15-17,19,22H,2-4,9-10,13-14H2,1H3. The molecule has 0 bridgehead atoms. The van der Waals surface area contributed by atoms with Crippen LogP contribution in [0.2, 0.25) is 0 Å². The van der Waals surface area contributed by atoms with Crippen LogP contribution in [0.15, 0.2) is 42.5 Å². The van der Waals surface area contributed by atoms with Crippen molar-refractivity contribution in [3.63, 3.8) is 0 Å². The molecule has 166 valence electrons. The van der Waals surface area contributed by atoms with Gasteiger partial charge >= 0.3 is 0 Å². The molecule has 0 atom stereocenters. The predicted octanol–water partition coefficient (Wildman–Crippen LogP) is 8.06. The van der Waals surface area contributed by atoms with E-state index in [0.29, 0.717) is 11.5 Å². The fourth-order valence-electron chi connectivity index (χ4n) is 4.55. The molecule has 1 aliphatic carbocycles. The van der Waals surface area contributed by atoms with Crippen molar-refractivity contribution in [1.29, 1.82) is 0 Å². The summed E-state index contributed by atoms with van der Waals surface area (Å²) >= 11 is 0. The molecular formula is C28H26F4. The Morgan fingerprint density at radius 3 is 2.25 bits per heavy atom. The topological polar surface area (TPSA) is 0 Å². The van der Waals surface area contributed by atoms with Crippen molar-refractivity contribution in [2.75, 3.05) is 0 Å². The maximum Gasteiger partial charge on any atom is 0.195 e. The molecule has 0 N–H and O–H groups in total. The molecule has 0 aliphatic heterocycles. The van der Waals surface area contributed by atoms with Gasteiger partial charge in [-0.1, -0.05) is 49.5 Å². The minimum absolute atomic E-state index is 0.0307. The molecule has 0 spiro atoms. The van der Waals surface area contributed by atoms with Crippen molar-refractivity contribution in [2.45, 2.75) is 57.8 Å². The molecule has 32 heavy (non-hydrogen) atoms. The van der Waals surface area contributed by atoms with E-state index in [1.165, 1.54) is 30.0 Å². The average Bonchev–Trinajstić information content (AvgIpc) is 2.80. The number of aryl methyl sites for hydroxylation is 1. The molecule has 0 saturated heterocycles. The molecule has 0 radical (unpaired) electrons. The minimum Gasteiger partial charge on any atom is -0.206 e. The van der Waals surface area contributed by atoms with Crippen LogP contribution in [0.5, 0.6) is 0 Å². The van der Waals surface area contributed by atoms with E-state index in [4.69, 9.17) is 0 Å². The highest BCUT2D eigenvalue weighted by atomic mass is 19.2. The summed E-state index contributed by atoms with van der Waals surface area (Å²) in [5, 5.41) is -0.576. The molecule has 3 aromatic rings. The lowest BCUT2D eigenvalue weighted by Gasteiger charge is -2.26. The van der Waals surface area contributed by atoms with Crippen molar-refractivity contribution in [1.82, 2.24) is 0 Å². The number of benzene rings is 3. The zero-order valence-electron chi connectivity index (χ0n) is 18.2. The first-order valence-corrected chi connectivity index (χ1v) is 11.3. The summed E-state index contributed by atoms with van der Waals surface area (Å²) in [5.74, 6) is 1.45. The van der Waals surface area contributed by atoms with Crippen molar-refractivity contribution in [3.8, 4) is 11.8 Å². The summed E-state index contributed by atoms with van der Waals surface area (Å²) < 4.78 is 55.2. The highest BCUT2D eigenvalue weighted by molar-refractivity contribution is 5.85. The summed E-state index contributed by atoms with van der Waals surface area (Å²) in [7, 11) is 0. The molecule has 1 saturated carbocycles. The zero-order valence-corrected chi connectivity index (χ0v) is 18.2. The van der Waals surface area contributed by atoms with E-state index in [1.54, 1.807) is 0 Å². The quantitative estimate of drug-likeness (QED) is 0.219. The Morgan fingerprint density at radius 2 is 1.56 bits per heavy atom. The molecule has 1 aliphatic rings. The van der Waals surface area contributed by atoms with Gasteiger partial charge in [0.05, 0.1) is 5.39 Å². The van der Waals surface area contributed by atoms with Crippen LogP contribution in [0.1, 0.15) is 68.1 Å². The Hall–Kier alpha value is -2.80. The van der Waals surface area contributed by atoms with Gasteiger partial charge in [-0.2, -0.15) is 0 Å². The Bertz CT molecular complexity index is 1160. The maximum absolute atomic E-state index is 14.3. The Kier molecular flexibility index (Phi) is 6.84. The number of rotatable bonds is 4. The van der Waals surface area contributed by atoms with Gasteiger partial charge < -0.3 is 0 Å². The molecule has 0 nitrogen and oxygen atoms in total. The van der Waals surface area contributed by atoms with Gasteiger partial charge in [-0.25, -0.2) is 17.6 Å². The largest absolute Gasteiger partial charge is 0.206 e. The Balaban J connectivity index is 1.42. The summed E-state index contributed by atoms with van der Waals surface area (Å²) in [6, 6.07) is 12.3. The monoisotopic (exact) mass is 438 g/mol. The maximum atomic E-state index is 14.3. The summed E-state index contributed by atoms with van der Waals surface area (Å²) in [5.41, 5.74) is 3.11. The van der Waals surface area contributed by atoms with Crippen molar-refractivity contribution >= 4 is 10.8 Å². The lowest BCUT2D eigenvalue weighted by atomic mass is 9.78. The molecule has 3 aromatic carbocycles. The summed E-state index contributed by atoms with van der Waals surface area (Å²) in [6.45, 7) is 2.20. The summed E-state index contributed by atoms with van der Waals surface area (Å²) in [6.07, 6.45) is 7.56. The first kappa shape index (κ1) is 22.4. The van der Waals surface area contributed by atoms with Crippen molar-refractivity contribution in [2.24, 2.45) is 5.92 Å². The van der Waals surface area contributed by atoms with Gasteiger partial charge in [0.15, 0.2) is 17.5 Å². The zero-order chi connectivity index (χ0) is 22.7. The van der Waals surface area contributed by atoms with Gasteiger partial charge in [0.1, 0.15) is 5.82 Å². The normalized spacial score (nSPS) is 18.4. The lowest BCUT2D eigenvalue weighted by Crippen LogP contribution is -2.12. The number of unbranched alkanes of at least 4 members (excludes halogenated alkanes) is 1. The van der Waals surface area contributed by atoms with E-state index in [1.807, 2.05) is 0 Å². The smallest absolute Gasteiger partial charge is 0.195 e. The number of halogens is 4. The summed E-state index contributed by atoms with van der Waals surface area (Å²) in [4.78, 5) is 0. The van der Waals surface area contributed by atoms with E-state index in [-0.39, 0.29) is 11.3 Å². The van der Waals surface area contributed by atoms with Crippen LogP contribution in [0.25, 0.3) is 10.8 Å². The lowest BCUT2D eigenvalue weighted by molar-refractivity contribution is 0.384. The van der Waals surface area contributed by atoms with Gasteiger partial charge in [0.25, 0.3) is 0 Å². The highest BCUT2D eigenvalue weighted by Gasteiger charge is 2.21. The molecule has 0 heterocycles. The molecule has 0 amide bonds. The van der Waals surface area contributed by atoms with Gasteiger partial charge in [-0.3, -0.25) is 0 Å². The van der Waals surface area contributed by atoms with Crippen LogP contribution in [0, 0.1) is 41.0 Å².